The van der Waals surface area contributed by atoms with E-state index in [4.69, 9.17) is 0 Å². The van der Waals surface area contributed by atoms with Crippen LogP contribution in [0.5, 0.6) is 0 Å². The van der Waals surface area contributed by atoms with Gasteiger partial charge in [-0.1, -0.05) is 29.5 Å². The molecule has 0 N–H and O–H groups in total. The van der Waals surface area contributed by atoms with E-state index >= 15 is 0 Å². The van der Waals surface area contributed by atoms with Gasteiger partial charge >= 0.3 is 0 Å². The molecule has 2 heteroatoms. The van der Waals surface area contributed by atoms with Crippen LogP contribution in [0.15, 0.2) is 0 Å². The third-order valence-corrected chi connectivity index (χ3v) is 2.92. The molecule has 0 spiro atoms. The van der Waals surface area contributed by atoms with Crippen LogP contribution in [0.4, 0.5) is 0 Å². The standard InChI is InChI=1S/C8H16IN/c1-3-5-10-6-4-8(2,9)7-10/h3-7H2,1-2H3. The van der Waals surface area contributed by atoms with Crippen molar-refractivity contribution in [3.05, 3.63) is 0 Å². The predicted molar refractivity (Wildman–Crippen MR) is 53.8 cm³/mol. The summed E-state index contributed by atoms with van der Waals surface area (Å²) < 4.78 is 0.562. The Morgan fingerprint density at radius 2 is 2.30 bits per heavy atom. The summed E-state index contributed by atoms with van der Waals surface area (Å²) in [5.41, 5.74) is 0. The molecule has 1 fully saturated rings. The number of hydrogen-bond acceptors (Lipinski definition) is 1. The second-order valence-electron chi connectivity index (χ2n) is 3.44. The quantitative estimate of drug-likeness (QED) is 0.539. The topological polar surface area (TPSA) is 3.24 Å². The first-order valence-electron chi connectivity index (χ1n) is 4.05. The number of likely N-dealkylation sites (tertiary alicyclic amines) is 1. The van der Waals surface area contributed by atoms with Gasteiger partial charge in [-0.05, 0) is 32.9 Å². The number of alkyl halides is 1. The minimum atomic E-state index is 0.562. The van der Waals surface area contributed by atoms with Crippen LogP contribution in [0.1, 0.15) is 26.7 Å². The average molecular weight is 253 g/mol. The Kier molecular flexibility index (Phi) is 2.98. The Hall–Kier alpha value is 0.690. The zero-order valence-corrected chi connectivity index (χ0v) is 9.02. The second-order valence-corrected chi connectivity index (χ2v) is 6.04. The Balaban J connectivity index is 2.29. The number of hydrogen-bond donors (Lipinski definition) is 0. The van der Waals surface area contributed by atoms with Crippen LogP contribution in [-0.4, -0.2) is 28.0 Å². The number of halogens is 1. The Labute approximate surface area is 77.3 Å². The largest absolute Gasteiger partial charge is 0.302 e. The van der Waals surface area contributed by atoms with Crippen LogP contribution in [0.3, 0.4) is 0 Å². The van der Waals surface area contributed by atoms with Crippen LogP contribution in [0.2, 0.25) is 0 Å². The summed E-state index contributed by atoms with van der Waals surface area (Å²) in [4.78, 5) is 2.56. The van der Waals surface area contributed by atoms with Gasteiger partial charge in [0.05, 0.1) is 0 Å². The molecule has 1 unspecified atom stereocenters. The van der Waals surface area contributed by atoms with E-state index < -0.39 is 0 Å². The number of rotatable bonds is 2. The van der Waals surface area contributed by atoms with E-state index in [-0.39, 0.29) is 0 Å². The van der Waals surface area contributed by atoms with Crippen molar-refractivity contribution < 1.29 is 0 Å². The summed E-state index contributed by atoms with van der Waals surface area (Å²) >= 11 is 2.58. The molecule has 0 bridgehead atoms. The molecule has 0 aromatic rings. The van der Waals surface area contributed by atoms with Gasteiger partial charge in [-0.25, -0.2) is 0 Å². The molecule has 0 aromatic heterocycles. The van der Waals surface area contributed by atoms with Gasteiger partial charge in [0.15, 0.2) is 0 Å². The zero-order chi connectivity index (χ0) is 7.61. The molecular formula is C8H16IN. The maximum Gasteiger partial charge on any atom is 0.0333 e. The molecule has 0 aliphatic carbocycles. The van der Waals surface area contributed by atoms with Gasteiger partial charge < -0.3 is 4.90 Å². The first kappa shape index (κ1) is 8.78. The Morgan fingerprint density at radius 3 is 2.70 bits per heavy atom. The van der Waals surface area contributed by atoms with E-state index in [1.165, 1.54) is 32.5 Å². The first-order chi connectivity index (χ1) is 4.64. The summed E-state index contributed by atoms with van der Waals surface area (Å²) in [5, 5.41) is 0. The first-order valence-corrected chi connectivity index (χ1v) is 5.13. The highest BCUT2D eigenvalue weighted by Gasteiger charge is 2.29. The molecule has 60 valence electrons. The van der Waals surface area contributed by atoms with E-state index in [0.717, 1.165) is 0 Å². The molecule has 0 radical (unpaired) electrons. The van der Waals surface area contributed by atoms with E-state index in [0.29, 0.717) is 3.42 Å². The summed E-state index contributed by atoms with van der Waals surface area (Å²) in [6, 6.07) is 0. The highest BCUT2D eigenvalue weighted by Crippen LogP contribution is 2.29. The van der Waals surface area contributed by atoms with Crippen LogP contribution >= 0.6 is 22.6 Å². The monoisotopic (exact) mass is 253 g/mol. The van der Waals surface area contributed by atoms with Crippen molar-refractivity contribution in [3.8, 4) is 0 Å². The van der Waals surface area contributed by atoms with Crippen LogP contribution in [-0.2, 0) is 0 Å². The van der Waals surface area contributed by atoms with Crippen LogP contribution < -0.4 is 0 Å². The summed E-state index contributed by atoms with van der Waals surface area (Å²) in [6.45, 7) is 8.50. The fourth-order valence-corrected chi connectivity index (χ4v) is 2.25. The molecule has 1 aliphatic heterocycles. The van der Waals surface area contributed by atoms with E-state index in [1.807, 2.05) is 0 Å². The SMILES string of the molecule is CCCN1CCC(C)(I)C1. The Bertz CT molecular complexity index is 112. The highest BCUT2D eigenvalue weighted by atomic mass is 127. The lowest BCUT2D eigenvalue weighted by atomic mass is 10.2. The van der Waals surface area contributed by atoms with Crippen molar-refractivity contribution in [2.24, 2.45) is 0 Å². The molecule has 0 amide bonds. The maximum absolute atomic E-state index is 2.58. The Morgan fingerprint density at radius 1 is 1.60 bits per heavy atom. The zero-order valence-electron chi connectivity index (χ0n) is 6.86. The molecule has 1 rings (SSSR count). The van der Waals surface area contributed by atoms with Gasteiger partial charge in [-0.15, -0.1) is 0 Å². The lowest BCUT2D eigenvalue weighted by molar-refractivity contribution is 0.335. The normalized spacial score (nSPS) is 35.1. The molecule has 0 aromatic carbocycles. The van der Waals surface area contributed by atoms with Crippen molar-refractivity contribution in [2.45, 2.75) is 30.1 Å². The van der Waals surface area contributed by atoms with Crippen molar-refractivity contribution in [3.63, 3.8) is 0 Å². The summed E-state index contributed by atoms with van der Waals surface area (Å²) in [6.07, 6.45) is 2.67. The minimum absolute atomic E-state index is 0.562. The van der Waals surface area contributed by atoms with Gasteiger partial charge in [0, 0.05) is 9.97 Å². The minimum Gasteiger partial charge on any atom is -0.302 e. The number of nitrogens with zero attached hydrogens (tertiary/aromatic N) is 1. The van der Waals surface area contributed by atoms with Crippen LogP contribution in [0.25, 0.3) is 0 Å². The van der Waals surface area contributed by atoms with Gasteiger partial charge in [-0.2, -0.15) is 0 Å². The van der Waals surface area contributed by atoms with Gasteiger partial charge in [0.2, 0.25) is 0 Å². The van der Waals surface area contributed by atoms with E-state index in [9.17, 15) is 0 Å². The van der Waals surface area contributed by atoms with E-state index in [2.05, 4.69) is 41.3 Å². The highest BCUT2D eigenvalue weighted by molar-refractivity contribution is 14.1. The predicted octanol–water partition coefficient (Wildman–Crippen LogP) is 2.30. The second kappa shape index (κ2) is 3.39. The maximum atomic E-state index is 2.58. The fraction of sp³-hybridized carbons (Fsp3) is 1.00. The summed E-state index contributed by atoms with van der Waals surface area (Å²) in [7, 11) is 0. The molecule has 1 heterocycles. The van der Waals surface area contributed by atoms with Crippen molar-refractivity contribution >= 4 is 22.6 Å². The van der Waals surface area contributed by atoms with Crippen molar-refractivity contribution in [1.29, 1.82) is 0 Å². The molecule has 1 saturated heterocycles. The van der Waals surface area contributed by atoms with Crippen molar-refractivity contribution in [1.82, 2.24) is 4.90 Å². The third kappa shape index (κ3) is 2.38. The fourth-order valence-electron chi connectivity index (χ4n) is 1.52. The van der Waals surface area contributed by atoms with Crippen molar-refractivity contribution in [2.75, 3.05) is 19.6 Å². The molecule has 1 atom stereocenters. The van der Waals surface area contributed by atoms with Gasteiger partial charge in [0.1, 0.15) is 0 Å². The molecule has 10 heavy (non-hydrogen) atoms. The lowest BCUT2D eigenvalue weighted by Gasteiger charge is -2.16. The van der Waals surface area contributed by atoms with E-state index in [1.54, 1.807) is 0 Å². The summed E-state index contributed by atoms with van der Waals surface area (Å²) in [5.74, 6) is 0. The smallest absolute Gasteiger partial charge is 0.0333 e. The molecule has 1 aliphatic rings. The van der Waals surface area contributed by atoms with Gasteiger partial charge in [0.25, 0.3) is 0 Å². The van der Waals surface area contributed by atoms with Crippen LogP contribution in [0, 0.1) is 0 Å². The molecule has 1 nitrogen and oxygen atoms in total. The lowest BCUT2D eigenvalue weighted by Crippen LogP contribution is -2.25. The average Bonchev–Trinajstić information content (AvgIpc) is 2.12. The third-order valence-electron chi connectivity index (χ3n) is 2.04. The van der Waals surface area contributed by atoms with Gasteiger partial charge in [-0.3, -0.25) is 0 Å². The molecule has 0 saturated carbocycles. The molecular weight excluding hydrogens is 237 g/mol.